The van der Waals surface area contributed by atoms with E-state index in [1.807, 2.05) is 13.8 Å². The SMILES string of the molecule is CC(C)CC(O)CNc1ncccc1F. The Morgan fingerprint density at radius 2 is 2.27 bits per heavy atom. The minimum absolute atomic E-state index is 0.195. The molecule has 0 bridgehead atoms. The van der Waals surface area contributed by atoms with Crippen molar-refractivity contribution >= 4 is 5.82 Å². The monoisotopic (exact) mass is 212 g/mol. The topological polar surface area (TPSA) is 45.1 Å². The number of hydrogen-bond donors (Lipinski definition) is 2. The van der Waals surface area contributed by atoms with Crippen LogP contribution in [0.5, 0.6) is 0 Å². The van der Waals surface area contributed by atoms with Crippen LogP contribution in [0.25, 0.3) is 0 Å². The molecular weight excluding hydrogens is 195 g/mol. The number of halogens is 1. The lowest BCUT2D eigenvalue weighted by Gasteiger charge is -2.14. The normalized spacial score (nSPS) is 12.9. The molecule has 0 aliphatic carbocycles. The van der Waals surface area contributed by atoms with E-state index in [0.29, 0.717) is 18.9 Å². The van der Waals surface area contributed by atoms with Gasteiger partial charge in [0.1, 0.15) is 0 Å². The minimum Gasteiger partial charge on any atom is -0.391 e. The summed E-state index contributed by atoms with van der Waals surface area (Å²) >= 11 is 0. The second kappa shape index (κ2) is 5.66. The molecule has 84 valence electrons. The summed E-state index contributed by atoms with van der Waals surface area (Å²) in [4.78, 5) is 3.83. The summed E-state index contributed by atoms with van der Waals surface area (Å²) in [6.07, 6.45) is 1.74. The van der Waals surface area contributed by atoms with Gasteiger partial charge in [0.25, 0.3) is 0 Å². The van der Waals surface area contributed by atoms with Gasteiger partial charge in [0.2, 0.25) is 0 Å². The molecule has 2 N–H and O–H groups in total. The molecule has 1 rings (SSSR count). The summed E-state index contributed by atoms with van der Waals surface area (Å²) in [5.74, 6) is 0.227. The number of pyridine rings is 1. The maximum absolute atomic E-state index is 13.1. The van der Waals surface area contributed by atoms with Crippen molar-refractivity contribution in [2.45, 2.75) is 26.4 Å². The van der Waals surface area contributed by atoms with Gasteiger partial charge in [-0.15, -0.1) is 0 Å². The fourth-order valence-electron chi connectivity index (χ4n) is 1.36. The van der Waals surface area contributed by atoms with Crippen LogP contribution in [0.2, 0.25) is 0 Å². The zero-order valence-corrected chi connectivity index (χ0v) is 9.07. The highest BCUT2D eigenvalue weighted by atomic mass is 19.1. The van der Waals surface area contributed by atoms with Crippen LogP contribution in [0.15, 0.2) is 18.3 Å². The zero-order valence-electron chi connectivity index (χ0n) is 9.07. The van der Waals surface area contributed by atoms with Crippen molar-refractivity contribution in [2.24, 2.45) is 5.92 Å². The lowest BCUT2D eigenvalue weighted by Crippen LogP contribution is -2.22. The molecule has 1 aromatic rings. The lowest BCUT2D eigenvalue weighted by atomic mass is 10.1. The highest BCUT2D eigenvalue weighted by Gasteiger charge is 2.08. The standard InChI is InChI=1S/C11H17FN2O/c1-8(2)6-9(15)7-14-11-10(12)4-3-5-13-11/h3-5,8-9,15H,6-7H2,1-2H3,(H,13,14). The van der Waals surface area contributed by atoms with Crippen LogP contribution in [0.4, 0.5) is 10.2 Å². The van der Waals surface area contributed by atoms with Gasteiger partial charge in [-0.3, -0.25) is 0 Å². The van der Waals surface area contributed by atoms with Crippen molar-refractivity contribution in [3.63, 3.8) is 0 Å². The average molecular weight is 212 g/mol. The number of rotatable bonds is 5. The van der Waals surface area contributed by atoms with Crippen LogP contribution in [0.3, 0.4) is 0 Å². The van der Waals surface area contributed by atoms with E-state index in [-0.39, 0.29) is 5.82 Å². The van der Waals surface area contributed by atoms with Gasteiger partial charge in [-0.2, -0.15) is 0 Å². The first-order valence-corrected chi connectivity index (χ1v) is 5.12. The van der Waals surface area contributed by atoms with Crippen molar-refractivity contribution in [1.82, 2.24) is 4.98 Å². The molecule has 0 aromatic carbocycles. The molecule has 15 heavy (non-hydrogen) atoms. The van der Waals surface area contributed by atoms with Crippen LogP contribution in [0.1, 0.15) is 20.3 Å². The molecule has 1 atom stereocenters. The summed E-state index contributed by atoms with van der Waals surface area (Å²) in [5, 5.41) is 12.3. The molecule has 0 aliphatic rings. The third-order valence-corrected chi connectivity index (χ3v) is 2.01. The molecule has 0 aliphatic heterocycles. The number of aromatic nitrogens is 1. The molecule has 4 heteroatoms. The molecule has 0 spiro atoms. The quantitative estimate of drug-likeness (QED) is 0.785. The Morgan fingerprint density at radius 1 is 1.53 bits per heavy atom. The largest absolute Gasteiger partial charge is 0.391 e. The van der Waals surface area contributed by atoms with E-state index in [0.717, 1.165) is 0 Å². The Hall–Kier alpha value is -1.16. The molecule has 0 fully saturated rings. The zero-order chi connectivity index (χ0) is 11.3. The van der Waals surface area contributed by atoms with Gasteiger partial charge in [-0.05, 0) is 24.5 Å². The first-order chi connectivity index (χ1) is 7.09. The molecular formula is C11H17FN2O. The van der Waals surface area contributed by atoms with Gasteiger partial charge in [-0.25, -0.2) is 9.37 Å². The summed E-state index contributed by atoms with van der Waals surface area (Å²) in [6.45, 7) is 4.39. The predicted octanol–water partition coefficient (Wildman–Crippen LogP) is 2.04. The van der Waals surface area contributed by atoms with E-state index in [2.05, 4.69) is 10.3 Å². The summed E-state index contributed by atoms with van der Waals surface area (Å²) in [7, 11) is 0. The first kappa shape index (κ1) is 11.9. The maximum atomic E-state index is 13.1. The summed E-state index contributed by atoms with van der Waals surface area (Å²) in [6, 6.07) is 2.87. The molecule has 0 radical (unpaired) electrons. The van der Waals surface area contributed by atoms with Gasteiger partial charge >= 0.3 is 0 Å². The molecule has 0 amide bonds. The fourth-order valence-corrected chi connectivity index (χ4v) is 1.36. The Balaban J connectivity index is 2.40. The van der Waals surface area contributed by atoms with E-state index >= 15 is 0 Å². The van der Waals surface area contributed by atoms with Gasteiger partial charge < -0.3 is 10.4 Å². The van der Waals surface area contributed by atoms with E-state index < -0.39 is 11.9 Å². The predicted molar refractivity (Wildman–Crippen MR) is 58.1 cm³/mol. The van der Waals surface area contributed by atoms with Crippen molar-refractivity contribution < 1.29 is 9.50 Å². The van der Waals surface area contributed by atoms with E-state index in [1.165, 1.54) is 18.3 Å². The minimum atomic E-state index is -0.466. The second-order valence-electron chi connectivity index (χ2n) is 4.00. The molecule has 3 nitrogen and oxygen atoms in total. The highest BCUT2D eigenvalue weighted by Crippen LogP contribution is 2.10. The van der Waals surface area contributed by atoms with Gasteiger partial charge in [0, 0.05) is 12.7 Å². The van der Waals surface area contributed by atoms with Crippen molar-refractivity contribution in [2.75, 3.05) is 11.9 Å². The van der Waals surface area contributed by atoms with E-state index in [1.54, 1.807) is 0 Å². The molecule has 1 aromatic heterocycles. The molecule has 0 saturated heterocycles. The van der Waals surface area contributed by atoms with Crippen LogP contribution >= 0.6 is 0 Å². The molecule has 0 saturated carbocycles. The van der Waals surface area contributed by atoms with Gasteiger partial charge in [0.15, 0.2) is 11.6 Å². The van der Waals surface area contributed by atoms with Crippen LogP contribution < -0.4 is 5.32 Å². The number of anilines is 1. The smallest absolute Gasteiger partial charge is 0.165 e. The second-order valence-corrected chi connectivity index (χ2v) is 4.00. The number of aliphatic hydroxyl groups excluding tert-OH is 1. The number of aliphatic hydroxyl groups is 1. The van der Waals surface area contributed by atoms with Crippen molar-refractivity contribution in [3.8, 4) is 0 Å². The molecule has 1 heterocycles. The highest BCUT2D eigenvalue weighted by molar-refractivity contribution is 5.35. The van der Waals surface area contributed by atoms with Gasteiger partial charge in [-0.1, -0.05) is 13.8 Å². The van der Waals surface area contributed by atoms with E-state index in [9.17, 15) is 9.50 Å². The Morgan fingerprint density at radius 3 is 2.87 bits per heavy atom. The first-order valence-electron chi connectivity index (χ1n) is 5.12. The number of hydrogen-bond acceptors (Lipinski definition) is 3. The Kier molecular flexibility index (Phi) is 4.49. The summed E-state index contributed by atoms with van der Waals surface area (Å²) in [5.41, 5.74) is 0. The van der Waals surface area contributed by atoms with Crippen LogP contribution in [-0.2, 0) is 0 Å². The maximum Gasteiger partial charge on any atom is 0.165 e. The Labute approximate surface area is 89.4 Å². The molecule has 1 unspecified atom stereocenters. The van der Waals surface area contributed by atoms with E-state index in [4.69, 9.17) is 0 Å². The lowest BCUT2D eigenvalue weighted by molar-refractivity contribution is 0.161. The van der Waals surface area contributed by atoms with Crippen LogP contribution in [-0.4, -0.2) is 22.7 Å². The fraction of sp³-hybridized carbons (Fsp3) is 0.545. The third kappa shape index (κ3) is 4.25. The Bertz CT molecular complexity index is 304. The number of nitrogens with one attached hydrogen (secondary N) is 1. The number of nitrogens with zero attached hydrogens (tertiary/aromatic N) is 1. The summed E-state index contributed by atoms with van der Waals surface area (Å²) < 4.78 is 13.1. The average Bonchev–Trinajstić information content (AvgIpc) is 2.15. The van der Waals surface area contributed by atoms with Gasteiger partial charge in [0.05, 0.1) is 6.10 Å². The third-order valence-electron chi connectivity index (χ3n) is 2.01. The van der Waals surface area contributed by atoms with Crippen LogP contribution in [0, 0.1) is 11.7 Å². The van der Waals surface area contributed by atoms with Crippen molar-refractivity contribution in [1.29, 1.82) is 0 Å². The van der Waals surface area contributed by atoms with Crippen molar-refractivity contribution in [3.05, 3.63) is 24.1 Å².